The zero-order chi connectivity index (χ0) is 21.9. The third-order valence-corrected chi connectivity index (χ3v) is 5.07. The first-order valence-electron chi connectivity index (χ1n) is 9.74. The van der Waals surface area contributed by atoms with Crippen LogP contribution in [0.3, 0.4) is 0 Å². The van der Waals surface area contributed by atoms with E-state index in [0.29, 0.717) is 4.90 Å². The fraction of sp³-hybridized carbons (Fsp3) is 0.364. The van der Waals surface area contributed by atoms with Crippen molar-refractivity contribution in [3.05, 3.63) is 60.2 Å². The van der Waals surface area contributed by atoms with Crippen molar-refractivity contribution in [1.29, 1.82) is 0 Å². The molecule has 1 aliphatic heterocycles. The first kappa shape index (κ1) is 21.8. The maximum atomic E-state index is 13.8. The van der Waals surface area contributed by atoms with Gasteiger partial charge in [0, 0.05) is 6.04 Å². The van der Waals surface area contributed by atoms with Crippen molar-refractivity contribution in [2.24, 2.45) is 5.92 Å². The van der Waals surface area contributed by atoms with Crippen molar-refractivity contribution in [3.8, 4) is 0 Å². The molecule has 5 nitrogen and oxygen atoms in total. The fourth-order valence-electron chi connectivity index (χ4n) is 3.68. The molecule has 0 radical (unpaired) electrons. The Labute approximate surface area is 173 Å². The van der Waals surface area contributed by atoms with Crippen LogP contribution in [-0.2, 0) is 9.59 Å². The van der Waals surface area contributed by atoms with Crippen LogP contribution >= 0.6 is 0 Å². The van der Waals surface area contributed by atoms with Gasteiger partial charge in [0.2, 0.25) is 11.8 Å². The molecule has 8 heteroatoms. The van der Waals surface area contributed by atoms with Gasteiger partial charge in [-0.3, -0.25) is 14.5 Å². The van der Waals surface area contributed by atoms with Crippen LogP contribution in [-0.4, -0.2) is 30.6 Å². The quantitative estimate of drug-likeness (QED) is 0.761. The number of carbonyl (C=O) groups is 2. The molecule has 2 amide bonds. The summed E-state index contributed by atoms with van der Waals surface area (Å²) < 4.78 is 41.4. The lowest BCUT2D eigenvalue weighted by Gasteiger charge is -2.32. The van der Waals surface area contributed by atoms with E-state index < -0.39 is 30.5 Å². The first-order chi connectivity index (χ1) is 14.2. The minimum absolute atomic E-state index is 0.0401. The highest BCUT2D eigenvalue weighted by Crippen LogP contribution is 2.37. The molecule has 0 spiro atoms. The molecule has 1 aliphatic rings. The molecule has 1 heterocycles. The summed E-state index contributed by atoms with van der Waals surface area (Å²) in [7, 11) is 0. The van der Waals surface area contributed by atoms with Gasteiger partial charge in [0.1, 0.15) is 6.04 Å². The molecule has 0 aromatic heterocycles. The van der Waals surface area contributed by atoms with E-state index in [9.17, 15) is 22.8 Å². The fourth-order valence-corrected chi connectivity index (χ4v) is 3.68. The van der Waals surface area contributed by atoms with Gasteiger partial charge in [-0.15, -0.1) is 0 Å². The lowest BCUT2D eigenvalue weighted by atomic mass is 9.96. The third-order valence-electron chi connectivity index (χ3n) is 5.07. The maximum absolute atomic E-state index is 13.8. The van der Waals surface area contributed by atoms with E-state index in [1.54, 1.807) is 12.1 Å². The molecule has 160 valence electrons. The molecule has 0 bridgehead atoms. The van der Waals surface area contributed by atoms with Gasteiger partial charge in [0.15, 0.2) is 0 Å². The Morgan fingerprint density at radius 2 is 1.77 bits per heavy atom. The van der Waals surface area contributed by atoms with Crippen LogP contribution in [0.25, 0.3) is 0 Å². The Bertz CT molecular complexity index is 900. The number of halogens is 3. The van der Waals surface area contributed by atoms with Gasteiger partial charge in [0.25, 0.3) is 0 Å². The average Bonchev–Trinajstić information content (AvgIpc) is 2.84. The number of nitrogens with zero attached hydrogens (tertiary/aromatic N) is 1. The number of alkyl halides is 3. The van der Waals surface area contributed by atoms with E-state index in [1.807, 2.05) is 44.2 Å². The molecular formula is C22H24F3N3O2. The van der Waals surface area contributed by atoms with Crippen LogP contribution < -0.4 is 15.5 Å². The molecule has 2 atom stereocenters. The lowest BCUT2D eigenvalue weighted by Crippen LogP contribution is -2.52. The Morgan fingerprint density at radius 3 is 2.40 bits per heavy atom. The van der Waals surface area contributed by atoms with Gasteiger partial charge < -0.3 is 10.6 Å². The Hall–Kier alpha value is -2.87. The number of nitrogens with one attached hydrogen (secondary N) is 2. The number of amides is 2. The van der Waals surface area contributed by atoms with Gasteiger partial charge in [-0.05, 0) is 23.6 Å². The summed E-state index contributed by atoms with van der Waals surface area (Å²) in [4.78, 5) is 25.8. The van der Waals surface area contributed by atoms with Crippen LogP contribution in [0.5, 0.6) is 0 Å². The minimum atomic E-state index is -4.75. The van der Waals surface area contributed by atoms with Crippen molar-refractivity contribution in [1.82, 2.24) is 5.32 Å². The Kier molecular flexibility index (Phi) is 6.45. The summed E-state index contributed by atoms with van der Waals surface area (Å²) >= 11 is 0. The Morgan fingerprint density at radius 1 is 1.13 bits per heavy atom. The van der Waals surface area contributed by atoms with E-state index in [1.165, 1.54) is 12.1 Å². The largest absolute Gasteiger partial charge is 0.409 e. The molecule has 3 rings (SSSR count). The minimum Gasteiger partial charge on any atom is -0.324 e. The number of carbonyl (C=O) groups excluding carboxylic acids is 2. The molecular weight excluding hydrogens is 395 g/mol. The molecule has 2 aromatic carbocycles. The zero-order valence-electron chi connectivity index (χ0n) is 16.7. The topological polar surface area (TPSA) is 61.4 Å². The van der Waals surface area contributed by atoms with Crippen LogP contribution in [0.2, 0.25) is 0 Å². The summed E-state index contributed by atoms with van der Waals surface area (Å²) in [5.74, 6) is -1.42. The van der Waals surface area contributed by atoms with Gasteiger partial charge in [-0.1, -0.05) is 56.3 Å². The highest BCUT2D eigenvalue weighted by Gasteiger charge is 2.48. The van der Waals surface area contributed by atoms with Crippen molar-refractivity contribution < 1.29 is 22.8 Å². The number of fused-ring (bicyclic) bond motifs is 1. The zero-order valence-corrected chi connectivity index (χ0v) is 16.7. The highest BCUT2D eigenvalue weighted by atomic mass is 19.4. The molecule has 30 heavy (non-hydrogen) atoms. The molecule has 0 aliphatic carbocycles. The van der Waals surface area contributed by atoms with E-state index in [2.05, 4.69) is 10.6 Å². The highest BCUT2D eigenvalue weighted by molar-refractivity contribution is 6.05. The standard InChI is InChI=1S/C22H24F3N3O2/c1-14(2)21(15-8-4-3-5-9-15)26-13-20(30)28-17-11-7-6-10-16(17)27-19(29)12-18(28)22(23,24)25/h3-11,14,18,21,26H,12-13H2,1-2H3,(H,27,29)/t18-,21+/m1/s1. The van der Waals surface area contributed by atoms with Gasteiger partial charge >= 0.3 is 6.18 Å². The maximum Gasteiger partial charge on any atom is 0.409 e. The van der Waals surface area contributed by atoms with E-state index in [-0.39, 0.29) is 29.9 Å². The number of hydrogen-bond donors (Lipinski definition) is 2. The molecule has 0 unspecified atom stereocenters. The molecule has 2 N–H and O–H groups in total. The van der Waals surface area contributed by atoms with Crippen LogP contribution in [0, 0.1) is 5.92 Å². The predicted molar refractivity (Wildman–Crippen MR) is 109 cm³/mol. The van der Waals surface area contributed by atoms with Crippen LogP contribution in [0.4, 0.5) is 24.5 Å². The number of hydrogen-bond acceptors (Lipinski definition) is 3. The first-order valence-corrected chi connectivity index (χ1v) is 9.74. The van der Waals surface area contributed by atoms with E-state index in [0.717, 1.165) is 5.56 Å². The van der Waals surface area contributed by atoms with Crippen LogP contribution in [0.1, 0.15) is 31.9 Å². The molecule has 0 saturated heterocycles. The molecule has 0 saturated carbocycles. The van der Waals surface area contributed by atoms with Gasteiger partial charge in [-0.25, -0.2) is 0 Å². The number of benzene rings is 2. The van der Waals surface area contributed by atoms with Crippen molar-refractivity contribution >= 4 is 23.2 Å². The number of rotatable bonds is 5. The van der Waals surface area contributed by atoms with Crippen LogP contribution in [0.15, 0.2) is 54.6 Å². The third kappa shape index (κ3) is 4.81. The van der Waals surface area contributed by atoms with Crippen molar-refractivity contribution in [2.75, 3.05) is 16.8 Å². The second kappa shape index (κ2) is 8.87. The SMILES string of the molecule is CC(C)[C@H](NCC(=O)N1c2ccccc2NC(=O)C[C@@H]1C(F)(F)F)c1ccccc1. The number of para-hydroxylation sites is 2. The molecule has 2 aromatic rings. The monoisotopic (exact) mass is 419 g/mol. The van der Waals surface area contributed by atoms with E-state index in [4.69, 9.17) is 0 Å². The smallest absolute Gasteiger partial charge is 0.324 e. The van der Waals surface area contributed by atoms with Gasteiger partial charge in [0.05, 0.1) is 24.3 Å². The predicted octanol–water partition coefficient (Wildman–Crippen LogP) is 4.28. The van der Waals surface area contributed by atoms with Gasteiger partial charge in [-0.2, -0.15) is 13.2 Å². The summed E-state index contributed by atoms with van der Waals surface area (Å²) in [5, 5.41) is 5.57. The summed E-state index contributed by atoms with van der Waals surface area (Å²) in [6.07, 6.45) is -5.60. The summed E-state index contributed by atoms with van der Waals surface area (Å²) in [6.45, 7) is 3.64. The number of anilines is 2. The van der Waals surface area contributed by atoms with E-state index >= 15 is 0 Å². The lowest BCUT2D eigenvalue weighted by molar-refractivity contribution is -0.157. The second-order valence-electron chi connectivity index (χ2n) is 7.60. The normalized spacial score (nSPS) is 17.9. The van der Waals surface area contributed by atoms with Crippen molar-refractivity contribution in [2.45, 2.75) is 38.5 Å². The van der Waals surface area contributed by atoms with Crippen molar-refractivity contribution in [3.63, 3.8) is 0 Å². The molecule has 0 fully saturated rings. The summed E-state index contributed by atoms with van der Waals surface area (Å²) in [6, 6.07) is 13.0. The second-order valence-corrected chi connectivity index (χ2v) is 7.60. The average molecular weight is 419 g/mol. The Balaban J connectivity index is 1.90. The summed E-state index contributed by atoms with van der Waals surface area (Å²) in [5.41, 5.74) is 1.17.